The van der Waals surface area contributed by atoms with Crippen LogP contribution in [0.15, 0.2) is 71.1 Å². The molecule has 0 amide bonds. The first kappa shape index (κ1) is 21.8. The molecule has 1 nitrogen and oxygen atoms in total. The third-order valence-corrected chi connectivity index (χ3v) is 5.25. The molecule has 0 fully saturated rings. The molecule has 0 N–H and O–H groups in total. The molecule has 0 aromatic rings. The molecule has 0 spiro atoms. The van der Waals surface area contributed by atoms with Crippen LogP contribution in [0, 0.1) is 0 Å². The van der Waals surface area contributed by atoms with Crippen LogP contribution in [0.25, 0.3) is 0 Å². The van der Waals surface area contributed by atoms with Gasteiger partial charge in [-0.1, -0.05) is 66.4 Å². The van der Waals surface area contributed by atoms with Crippen molar-refractivity contribution in [3.8, 4) is 0 Å². The molecule has 2 atom stereocenters. The van der Waals surface area contributed by atoms with E-state index in [0.29, 0.717) is 6.04 Å². The second-order valence-corrected chi connectivity index (χ2v) is 7.20. The first-order valence-electron chi connectivity index (χ1n) is 8.12. The first-order valence-corrected chi connectivity index (χ1v) is 8.93. The fourth-order valence-electron chi connectivity index (χ4n) is 2.07. The highest BCUT2D eigenvalue weighted by atomic mass is 32.2. The van der Waals surface area contributed by atoms with E-state index >= 15 is 0 Å². The lowest BCUT2D eigenvalue weighted by Crippen LogP contribution is -2.41. The van der Waals surface area contributed by atoms with E-state index in [1.54, 1.807) is 11.8 Å². The molecule has 0 aromatic heterocycles. The van der Waals surface area contributed by atoms with Gasteiger partial charge < -0.3 is 0 Å². The van der Waals surface area contributed by atoms with E-state index in [9.17, 15) is 0 Å². The number of hydrogen-bond acceptors (Lipinski definition) is 2. The second-order valence-electron chi connectivity index (χ2n) is 5.83. The van der Waals surface area contributed by atoms with Crippen LogP contribution in [-0.2, 0) is 0 Å². The molecule has 2 unspecified atom stereocenters. The molecule has 0 aliphatic rings. The fraction of sp³-hybridized carbons (Fsp3) is 0.429. The fourth-order valence-corrected chi connectivity index (χ4v) is 2.91. The zero-order valence-electron chi connectivity index (χ0n) is 15.7. The maximum Gasteiger partial charge on any atom is 0.0385 e. The number of nitrogens with zero attached hydrogens (tertiary/aromatic N) is 1. The summed E-state index contributed by atoms with van der Waals surface area (Å²) in [5.74, 6) is 0. The van der Waals surface area contributed by atoms with Crippen molar-refractivity contribution >= 4 is 11.8 Å². The molecule has 0 heterocycles. The number of allylic oxidation sites excluding steroid dienone is 6. The molecule has 0 saturated heterocycles. The van der Waals surface area contributed by atoms with Gasteiger partial charge in [0.2, 0.25) is 0 Å². The highest BCUT2D eigenvalue weighted by Crippen LogP contribution is 2.30. The van der Waals surface area contributed by atoms with Crippen molar-refractivity contribution in [1.29, 1.82) is 0 Å². The van der Waals surface area contributed by atoms with Crippen molar-refractivity contribution in [3.05, 3.63) is 71.1 Å². The van der Waals surface area contributed by atoms with Crippen LogP contribution in [-0.4, -0.2) is 23.5 Å². The van der Waals surface area contributed by atoms with Crippen molar-refractivity contribution < 1.29 is 0 Å². The minimum absolute atomic E-state index is 0.274. The quantitative estimate of drug-likeness (QED) is 0.332. The molecule has 128 valence electrons. The summed E-state index contributed by atoms with van der Waals surface area (Å²) in [4.78, 5) is 4.87. The van der Waals surface area contributed by atoms with Gasteiger partial charge in [-0.3, -0.25) is 4.90 Å². The van der Waals surface area contributed by atoms with Crippen LogP contribution in [0.3, 0.4) is 0 Å². The van der Waals surface area contributed by atoms with Gasteiger partial charge >= 0.3 is 0 Å². The van der Waals surface area contributed by atoms with E-state index in [-0.39, 0.29) is 6.04 Å². The lowest BCUT2D eigenvalue weighted by atomic mass is 10.1. The van der Waals surface area contributed by atoms with Crippen LogP contribution >= 0.6 is 11.8 Å². The predicted octanol–water partition coefficient (Wildman–Crippen LogP) is 6.50. The summed E-state index contributed by atoms with van der Waals surface area (Å²) in [7, 11) is 0. The summed E-state index contributed by atoms with van der Waals surface area (Å²) >= 11 is 1.76. The maximum absolute atomic E-state index is 4.28. The predicted molar refractivity (Wildman–Crippen MR) is 110 cm³/mol. The molecule has 0 aliphatic heterocycles. The maximum atomic E-state index is 4.28. The molecule has 0 aliphatic carbocycles. The van der Waals surface area contributed by atoms with Gasteiger partial charge in [-0.05, 0) is 51.4 Å². The summed E-state index contributed by atoms with van der Waals surface area (Å²) in [5, 5.41) is 0. The summed E-state index contributed by atoms with van der Waals surface area (Å²) < 4.78 is 0. The van der Waals surface area contributed by atoms with Gasteiger partial charge in [0.15, 0.2) is 0 Å². The zero-order valence-corrected chi connectivity index (χ0v) is 16.5. The average Bonchev–Trinajstić information content (AvgIpc) is 2.55. The minimum Gasteiger partial charge on any atom is -0.286 e. The Morgan fingerprint density at radius 1 is 1.09 bits per heavy atom. The highest BCUT2D eigenvalue weighted by molar-refractivity contribution is 8.06. The van der Waals surface area contributed by atoms with Crippen LogP contribution < -0.4 is 0 Å². The van der Waals surface area contributed by atoms with Crippen LogP contribution in [0.4, 0.5) is 0 Å². The van der Waals surface area contributed by atoms with E-state index in [0.717, 1.165) is 6.54 Å². The van der Waals surface area contributed by atoms with Crippen LogP contribution in [0.5, 0.6) is 0 Å². The Morgan fingerprint density at radius 2 is 1.70 bits per heavy atom. The normalized spacial score (nSPS) is 16.2. The molecule has 0 radical (unpaired) electrons. The smallest absolute Gasteiger partial charge is 0.0385 e. The van der Waals surface area contributed by atoms with Gasteiger partial charge in [-0.25, -0.2) is 0 Å². The summed E-state index contributed by atoms with van der Waals surface area (Å²) in [6, 6.07) is 0.593. The Kier molecular flexibility index (Phi) is 10.7. The molecule has 0 bridgehead atoms. The Balaban J connectivity index is 5.25. The van der Waals surface area contributed by atoms with Gasteiger partial charge in [0.25, 0.3) is 0 Å². The summed E-state index contributed by atoms with van der Waals surface area (Å²) in [5.41, 5.74) is 2.49. The first-order chi connectivity index (χ1) is 10.8. The zero-order chi connectivity index (χ0) is 18.0. The monoisotopic (exact) mass is 331 g/mol. The number of thioether (sulfide) groups is 1. The van der Waals surface area contributed by atoms with Gasteiger partial charge in [-0.15, -0.1) is 6.58 Å². The molecule has 0 rings (SSSR count). The van der Waals surface area contributed by atoms with E-state index < -0.39 is 0 Å². The standard InChI is InChI=1S/C21H33NS/c1-10-15-22(20(8)21(9)23-18(6)12-3)19(7)17(5)14-13-16(4)11-2/h10-14,19-20H,1-2,9,15H2,3-8H3/b16-13-,17-14+,18-12-. The van der Waals surface area contributed by atoms with Gasteiger partial charge in [0.05, 0.1) is 0 Å². The van der Waals surface area contributed by atoms with Crippen molar-refractivity contribution in [1.82, 2.24) is 4.90 Å². The van der Waals surface area contributed by atoms with Crippen molar-refractivity contribution in [2.45, 2.75) is 53.6 Å². The van der Waals surface area contributed by atoms with Crippen molar-refractivity contribution in [3.63, 3.8) is 0 Å². The largest absolute Gasteiger partial charge is 0.286 e. The van der Waals surface area contributed by atoms with Crippen molar-refractivity contribution in [2.75, 3.05) is 6.54 Å². The van der Waals surface area contributed by atoms with E-state index in [2.05, 4.69) is 84.4 Å². The summed E-state index contributed by atoms with van der Waals surface area (Å²) in [6.45, 7) is 25.7. The molecule has 0 aromatic carbocycles. The SMILES string of the molecule is C=CCN(C(C)C(=C)S/C(C)=C\C)C(C)/C(C)=C/C=C(/C)C=C. The molecule has 0 saturated carbocycles. The van der Waals surface area contributed by atoms with Crippen molar-refractivity contribution in [2.24, 2.45) is 0 Å². The third kappa shape index (κ3) is 7.71. The van der Waals surface area contributed by atoms with E-state index in [1.807, 2.05) is 12.2 Å². The van der Waals surface area contributed by atoms with Gasteiger partial charge in [-0.2, -0.15) is 0 Å². The number of rotatable bonds is 10. The lowest BCUT2D eigenvalue weighted by Gasteiger charge is -2.35. The minimum atomic E-state index is 0.274. The third-order valence-electron chi connectivity index (χ3n) is 4.09. The van der Waals surface area contributed by atoms with E-state index in [1.165, 1.54) is 21.0 Å². The van der Waals surface area contributed by atoms with Gasteiger partial charge in [0, 0.05) is 18.6 Å². The Morgan fingerprint density at radius 3 is 2.17 bits per heavy atom. The highest BCUT2D eigenvalue weighted by Gasteiger charge is 2.22. The average molecular weight is 332 g/mol. The van der Waals surface area contributed by atoms with Gasteiger partial charge in [0.1, 0.15) is 0 Å². The number of hydrogen-bond donors (Lipinski definition) is 0. The van der Waals surface area contributed by atoms with E-state index in [4.69, 9.17) is 0 Å². The topological polar surface area (TPSA) is 3.24 Å². The molecular weight excluding hydrogens is 298 g/mol. The second kappa shape index (κ2) is 11.3. The molecule has 23 heavy (non-hydrogen) atoms. The van der Waals surface area contributed by atoms with Crippen LogP contribution in [0.1, 0.15) is 41.5 Å². The molecule has 2 heteroatoms. The lowest BCUT2D eigenvalue weighted by molar-refractivity contribution is 0.223. The Bertz CT molecular complexity index is 508. The Labute approximate surface area is 148 Å². The molecular formula is C21H33NS. The Hall–Kier alpha value is -1.25. The van der Waals surface area contributed by atoms with Crippen LogP contribution in [0.2, 0.25) is 0 Å². The summed E-state index contributed by atoms with van der Waals surface area (Å²) in [6.07, 6.45) is 10.3.